The molecule has 0 fully saturated rings. The van der Waals surface area contributed by atoms with Crippen LogP contribution in [-0.2, 0) is 0 Å². The maximum atomic E-state index is 6.19. The molecule has 1 aromatic rings. The Morgan fingerprint density at radius 3 is 2.53 bits per heavy atom. The molecular weight excluding hydrogens is 234 g/mol. The fourth-order valence-corrected chi connectivity index (χ4v) is 1.72. The zero-order chi connectivity index (χ0) is 12.8. The predicted octanol–water partition coefficient (Wildman–Crippen LogP) is 4.05. The lowest BCUT2D eigenvalue weighted by Crippen LogP contribution is -2.12. The molecule has 0 spiro atoms. The van der Waals surface area contributed by atoms with Gasteiger partial charge in [0.1, 0.15) is 5.75 Å². The van der Waals surface area contributed by atoms with Gasteiger partial charge in [-0.3, -0.25) is 0 Å². The van der Waals surface area contributed by atoms with Crippen molar-refractivity contribution in [3.05, 3.63) is 28.8 Å². The number of ether oxygens (including phenoxy) is 1. The summed E-state index contributed by atoms with van der Waals surface area (Å²) in [6, 6.07) is 6.27. The summed E-state index contributed by atoms with van der Waals surface area (Å²) in [4.78, 5) is 0. The summed E-state index contributed by atoms with van der Waals surface area (Å²) >= 11 is 6.19. The van der Waals surface area contributed by atoms with Crippen molar-refractivity contribution in [1.82, 2.24) is 5.32 Å². The molecule has 0 aliphatic heterocycles. The van der Waals surface area contributed by atoms with Crippen LogP contribution in [0.5, 0.6) is 5.75 Å². The molecule has 17 heavy (non-hydrogen) atoms. The van der Waals surface area contributed by atoms with Crippen LogP contribution in [0.2, 0.25) is 5.02 Å². The number of hydrogen-bond donors (Lipinski definition) is 1. The SMILES string of the molecule is CNC(C)c1ccc(OCCC(C)C)c(Cl)c1. The zero-order valence-corrected chi connectivity index (χ0v) is 11.8. The summed E-state index contributed by atoms with van der Waals surface area (Å²) in [7, 11) is 1.94. The largest absolute Gasteiger partial charge is 0.492 e. The highest BCUT2D eigenvalue weighted by molar-refractivity contribution is 6.32. The molecule has 1 unspecified atom stereocenters. The van der Waals surface area contributed by atoms with Gasteiger partial charge in [0.15, 0.2) is 0 Å². The molecule has 2 nitrogen and oxygen atoms in total. The van der Waals surface area contributed by atoms with Crippen molar-refractivity contribution in [2.24, 2.45) is 5.92 Å². The second-order valence-electron chi connectivity index (χ2n) is 4.73. The van der Waals surface area contributed by atoms with Gasteiger partial charge in [-0.2, -0.15) is 0 Å². The molecule has 0 aliphatic carbocycles. The minimum absolute atomic E-state index is 0.303. The molecule has 1 aromatic carbocycles. The third-order valence-electron chi connectivity index (χ3n) is 2.84. The fourth-order valence-electron chi connectivity index (χ4n) is 1.47. The Kier molecular flexibility index (Phi) is 5.79. The predicted molar refractivity (Wildman–Crippen MR) is 73.9 cm³/mol. The first kappa shape index (κ1) is 14.3. The number of nitrogens with one attached hydrogen (secondary N) is 1. The highest BCUT2D eigenvalue weighted by Crippen LogP contribution is 2.28. The summed E-state index contributed by atoms with van der Waals surface area (Å²) < 4.78 is 5.66. The van der Waals surface area contributed by atoms with Gasteiger partial charge in [0.05, 0.1) is 11.6 Å². The van der Waals surface area contributed by atoms with E-state index in [2.05, 4.69) is 32.2 Å². The molecule has 0 saturated carbocycles. The van der Waals surface area contributed by atoms with Crippen molar-refractivity contribution in [1.29, 1.82) is 0 Å². The van der Waals surface area contributed by atoms with Crippen LogP contribution in [0.3, 0.4) is 0 Å². The minimum Gasteiger partial charge on any atom is -0.492 e. The van der Waals surface area contributed by atoms with Gasteiger partial charge in [-0.1, -0.05) is 31.5 Å². The van der Waals surface area contributed by atoms with Crippen molar-refractivity contribution in [3.63, 3.8) is 0 Å². The second kappa shape index (κ2) is 6.87. The molecule has 1 atom stereocenters. The summed E-state index contributed by atoms with van der Waals surface area (Å²) in [6.45, 7) is 7.19. The molecule has 0 heterocycles. The van der Waals surface area contributed by atoms with E-state index in [9.17, 15) is 0 Å². The van der Waals surface area contributed by atoms with Crippen LogP contribution in [0.4, 0.5) is 0 Å². The molecule has 0 bridgehead atoms. The second-order valence-corrected chi connectivity index (χ2v) is 5.14. The van der Waals surface area contributed by atoms with Crippen molar-refractivity contribution in [3.8, 4) is 5.75 Å². The van der Waals surface area contributed by atoms with Gasteiger partial charge in [-0.25, -0.2) is 0 Å². The average Bonchev–Trinajstić information content (AvgIpc) is 2.29. The molecule has 0 aromatic heterocycles. The van der Waals surface area contributed by atoms with Gasteiger partial charge in [0.25, 0.3) is 0 Å². The Balaban J connectivity index is 2.63. The average molecular weight is 256 g/mol. The smallest absolute Gasteiger partial charge is 0.137 e. The summed E-state index contributed by atoms with van der Waals surface area (Å²) in [5, 5.41) is 3.87. The van der Waals surface area contributed by atoms with Gasteiger partial charge in [0.2, 0.25) is 0 Å². The Morgan fingerprint density at radius 2 is 2.00 bits per heavy atom. The van der Waals surface area contributed by atoms with Crippen LogP contribution in [0.15, 0.2) is 18.2 Å². The quantitative estimate of drug-likeness (QED) is 0.828. The lowest BCUT2D eigenvalue weighted by molar-refractivity contribution is 0.289. The van der Waals surface area contributed by atoms with E-state index < -0.39 is 0 Å². The Hall–Kier alpha value is -0.730. The molecule has 96 valence electrons. The Morgan fingerprint density at radius 1 is 1.29 bits per heavy atom. The number of benzene rings is 1. The first-order valence-electron chi connectivity index (χ1n) is 6.14. The summed E-state index contributed by atoms with van der Waals surface area (Å²) in [5.74, 6) is 1.43. The zero-order valence-electron chi connectivity index (χ0n) is 11.1. The van der Waals surface area contributed by atoms with E-state index in [-0.39, 0.29) is 0 Å². The first-order chi connectivity index (χ1) is 8.04. The first-order valence-corrected chi connectivity index (χ1v) is 6.52. The normalized spacial score (nSPS) is 12.8. The number of rotatable bonds is 6. The van der Waals surface area contributed by atoms with E-state index >= 15 is 0 Å². The van der Waals surface area contributed by atoms with E-state index in [0.717, 1.165) is 18.8 Å². The highest BCUT2D eigenvalue weighted by atomic mass is 35.5. The van der Waals surface area contributed by atoms with E-state index in [0.29, 0.717) is 17.0 Å². The molecular formula is C14H22ClNO. The third kappa shape index (κ3) is 4.57. The molecule has 1 N–H and O–H groups in total. The number of hydrogen-bond acceptors (Lipinski definition) is 2. The van der Waals surface area contributed by atoms with Crippen LogP contribution < -0.4 is 10.1 Å². The van der Waals surface area contributed by atoms with E-state index in [1.54, 1.807) is 0 Å². The standard InChI is InChI=1S/C14H22ClNO/c1-10(2)7-8-17-14-6-5-12(9-13(14)15)11(3)16-4/h5-6,9-11,16H,7-8H2,1-4H3. The van der Waals surface area contributed by atoms with Crippen LogP contribution in [0.25, 0.3) is 0 Å². The molecule has 0 radical (unpaired) electrons. The van der Waals surface area contributed by atoms with Crippen LogP contribution in [0.1, 0.15) is 38.8 Å². The molecule has 1 rings (SSSR count). The Bertz CT molecular complexity index is 352. The van der Waals surface area contributed by atoms with E-state index in [1.807, 2.05) is 19.2 Å². The monoisotopic (exact) mass is 255 g/mol. The van der Waals surface area contributed by atoms with Gasteiger partial charge in [0, 0.05) is 6.04 Å². The van der Waals surface area contributed by atoms with Gasteiger partial charge in [-0.05, 0) is 44.0 Å². The third-order valence-corrected chi connectivity index (χ3v) is 3.14. The molecule has 0 saturated heterocycles. The van der Waals surface area contributed by atoms with Crippen molar-refractivity contribution < 1.29 is 4.74 Å². The minimum atomic E-state index is 0.303. The lowest BCUT2D eigenvalue weighted by Gasteiger charge is -2.14. The number of halogens is 1. The van der Waals surface area contributed by atoms with Gasteiger partial charge >= 0.3 is 0 Å². The van der Waals surface area contributed by atoms with Gasteiger partial charge in [-0.15, -0.1) is 0 Å². The van der Waals surface area contributed by atoms with Gasteiger partial charge < -0.3 is 10.1 Å². The van der Waals surface area contributed by atoms with Crippen molar-refractivity contribution in [2.75, 3.05) is 13.7 Å². The fraction of sp³-hybridized carbons (Fsp3) is 0.571. The Labute approximate surface area is 109 Å². The maximum Gasteiger partial charge on any atom is 0.137 e. The van der Waals surface area contributed by atoms with Crippen molar-refractivity contribution in [2.45, 2.75) is 33.2 Å². The van der Waals surface area contributed by atoms with Crippen LogP contribution in [0, 0.1) is 5.92 Å². The lowest BCUT2D eigenvalue weighted by atomic mass is 10.1. The summed E-state index contributed by atoms with van der Waals surface area (Å²) in [5.41, 5.74) is 1.17. The molecule has 3 heteroatoms. The highest BCUT2D eigenvalue weighted by Gasteiger charge is 2.07. The molecule has 0 amide bonds. The van der Waals surface area contributed by atoms with Crippen LogP contribution >= 0.6 is 11.6 Å². The summed E-state index contributed by atoms with van der Waals surface area (Å²) in [6.07, 6.45) is 1.05. The molecule has 0 aliphatic rings. The maximum absolute atomic E-state index is 6.19. The van der Waals surface area contributed by atoms with Crippen LogP contribution in [-0.4, -0.2) is 13.7 Å². The topological polar surface area (TPSA) is 21.3 Å². The van der Waals surface area contributed by atoms with Crippen molar-refractivity contribution >= 4 is 11.6 Å². The van der Waals surface area contributed by atoms with E-state index in [4.69, 9.17) is 16.3 Å². The van der Waals surface area contributed by atoms with E-state index in [1.165, 1.54) is 5.56 Å².